The van der Waals surface area contributed by atoms with Crippen molar-refractivity contribution in [2.24, 2.45) is 5.41 Å². The van der Waals surface area contributed by atoms with E-state index in [1.165, 1.54) is 20.8 Å². The molecule has 0 aromatic heterocycles. The van der Waals surface area contributed by atoms with Gasteiger partial charge in [-0.15, -0.1) is 0 Å². The van der Waals surface area contributed by atoms with Crippen LogP contribution in [0.15, 0.2) is 0 Å². The number of ketones is 1. The largest absolute Gasteiger partial charge is 0.481 e. The van der Waals surface area contributed by atoms with E-state index in [1.54, 1.807) is 0 Å². The maximum Gasteiger partial charge on any atom is 0.306 e. The van der Waals surface area contributed by atoms with Gasteiger partial charge >= 0.3 is 23.9 Å². The zero-order chi connectivity index (χ0) is 20.5. The molecule has 0 radical (unpaired) electrons. The summed E-state index contributed by atoms with van der Waals surface area (Å²) in [5.74, 6) is -4.87. The molecule has 0 aliphatic heterocycles. The van der Waals surface area contributed by atoms with Crippen molar-refractivity contribution in [3.8, 4) is 0 Å². The maximum absolute atomic E-state index is 12.4. The van der Waals surface area contributed by atoms with Gasteiger partial charge in [0.1, 0.15) is 18.8 Å². The molecule has 0 saturated carbocycles. The van der Waals surface area contributed by atoms with Crippen LogP contribution in [0.3, 0.4) is 0 Å². The summed E-state index contributed by atoms with van der Waals surface area (Å²) in [6.45, 7) is 2.65. The van der Waals surface area contributed by atoms with Crippen LogP contribution in [0.25, 0.3) is 0 Å². The van der Waals surface area contributed by atoms with Crippen LogP contribution in [0.5, 0.6) is 0 Å². The minimum absolute atomic E-state index is 0.402. The number of ether oxygens (including phenoxy) is 2. The smallest absolute Gasteiger partial charge is 0.306 e. The predicted octanol–water partition coefficient (Wildman–Crippen LogP) is 0.149. The molecule has 0 atom stereocenters. The molecule has 26 heavy (non-hydrogen) atoms. The first-order valence-electron chi connectivity index (χ1n) is 7.80. The normalized spacial score (nSPS) is 11.5. The molecule has 10 nitrogen and oxygen atoms in total. The van der Waals surface area contributed by atoms with Gasteiger partial charge in [0.2, 0.25) is 0 Å². The van der Waals surface area contributed by atoms with Crippen LogP contribution in [0.2, 0.25) is 0 Å². The van der Waals surface area contributed by atoms with Crippen molar-refractivity contribution < 1.29 is 48.8 Å². The Morgan fingerprint density at radius 2 is 1.08 bits per heavy atom. The fourth-order valence-corrected chi connectivity index (χ4v) is 1.95. The molecule has 3 N–H and O–H groups in total. The first-order chi connectivity index (χ1) is 11.8. The molecular weight excluding hydrogens is 352 g/mol. The summed E-state index contributed by atoms with van der Waals surface area (Å²) in [6, 6.07) is 0. The van der Waals surface area contributed by atoms with Crippen molar-refractivity contribution in [1.29, 1.82) is 0 Å². The first-order valence-corrected chi connectivity index (χ1v) is 7.80. The van der Waals surface area contributed by atoms with Gasteiger partial charge in [-0.1, -0.05) is 0 Å². The molecule has 0 heterocycles. The van der Waals surface area contributed by atoms with Crippen molar-refractivity contribution >= 4 is 29.7 Å². The van der Waals surface area contributed by atoms with Crippen LogP contribution in [0, 0.1) is 5.41 Å². The Morgan fingerprint density at radius 1 is 0.731 bits per heavy atom. The third-order valence-electron chi connectivity index (χ3n) is 3.29. The standard InChI is InChI=1S/C16H24O10/c1-15(2,24)14(23)16(3,8-25-12(21)6-4-10(17)18)9-26-13(22)7-5-11(19)20/h24H,4-9H2,1-3H3,(H,17,18)(H,19,20). The summed E-state index contributed by atoms with van der Waals surface area (Å²) >= 11 is 0. The van der Waals surface area contributed by atoms with Crippen molar-refractivity contribution in [1.82, 2.24) is 0 Å². The second kappa shape index (κ2) is 9.85. The number of carbonyl (C=O) groups excluding carboxylic acids is 3. The number of hydrogen-bond donors (Lipinski definition) is 3. The Labute approximate surface area is 150 Å². The topological polar surface area (TPSA) is 164 Å². The molecule has 148 valence electrons. The van der Waals surface area contributed by atoms with Gasteiger partial charge in [-0.25, -0.2) is 0 Å². The molecule has 0 amide bonds. The maximum atomic E-state index is 12.4. The van der Waals surface area contributed by atoms with E-state index >= 15 is 0 Å². The molecule has 0 aliphatic carbocycles. The Balaban J connectivity index is 4.94. The summed E-state index contributed by atoms with van der Waals surface area (Å²) in [5, 5.41) is 27.0. The number of rotatable bonds is 12. The van der Waals surface area contributed by atoms with Gasteiger partial charge in [-0.2, -0.15) is 0 Å². The highest BCUT2D eigenvalue weighted by Gasteiger charge is 2.43. The monoisotopic (exact) mass is 376 g/mol. The first kappa shape index (κ1) is 23.5. The quantitative estimate of drug-likeness (QED) is 0.399. The molecule has 0 fully saturated rings. The molecule has 0 unspecified atom stereocenters. The number of carboxylic acid groups (broad SMARTS) is 2. The van der Waals surface area contributed by atoms with E-state index in [9.17, 15) is 29.1 Å². The third-order valence-corrected chi connectivity index (χ3v) is 3.29. The summed E-state index contributed by atoms with van der Waals surface area (Å²) < 4.78 is 9.77. The van der Waals surface area contributed by atoms with Crippen molar-refractivity contribution in [2.45, 2.75) is 52.1 Å². The number of aliphatic hydroxyl groups is 1. The number of carboxylic acids is 2. The molecule has 0 aliphatic rings. The molecule has 10 heteroatoms. The van der Waals surface area contributed by atoms with Crippen molar-refractivity contribution in [2.75, 3.05) is 13.2 Å². The Morgan fingerprint density at radius 3 is 1.35 bits per heavy atom. The molecule has 0 saturated heterocycles. The number of carbonyl (C=O) groups is 5. The van der Waals surface area contributed by atoms with E-state index in [4.69, 9.17) is 19.7 Å². The van der Waals surface area contributed by atoms with Crippen LogP contribution < -0.4 is 0 Å². The van der Waals surface area contributed by atoms with E-state index in [1.807, 2.05) is 0 Å². The van der Waals surface area contributed by atoms with Gasteiger partial charge in [0.15, 0.2) is 5.78 Å². The zero-order valence-corrected chi connectivity index (χ0v) is 14.9. The van der Waals surface area contributed by atoms with Gasteiger partial charge in [-0.3, -0.25) is 24.0 Å². The molecule has 0 aromatic carbocycles. The van der Waals surface area contributed by atoms with E-state index in [0.717, 1.165) is 0 Å². The second-order valence-corrected chi connectivity index (χ2v) is 6.56. The Hall–Kier alpha value is -2.49. The summed E-state index contributed by atoms with van der Waals surface area (Å²) in [5.41, 5.74) is -3.40. The lowest BCUT2D eigenvalue weighted by Crippen LogP contribution is -2.49. The average molecular weight is 376 g/mol. The highest BCUT2D eigenvalue weighted by atomic mass is 16.5. The molecule has 0 rings (SSSR count). The summed E-state index contributed by atoms with van der Waals surface area (Å²) in [4.78, 5) is 56.4. The molecular formula is C16H24O10. The van der Waals surface area contributed by atoms with Gasteiger partial charge in [0.25, 0.3) is 0 Å². The van der Waals surface area contributed by atoms with Gasteiger partial charge in [0.05, 0.1) is 31.1 Å². The number of Topliss-reactive ketones (excluding diaryl/α,β-unsaturated/α-hetero) is 1. The minimum Gasteiger partial charge on any atom is -0.481 e. The Bertz CT molecular complexity index is 524. The SMILES string of the molecule is CC(C)(O)C(=O)C(C)(COC(=O)CCC(=O)O)COC(=O)CCC(=O)O. The van der Waals surface area contributed by atoms with E-state index < -0.39 is 79.6 Å². The van der Waals surface area contributed by atoms with Crippen LogP contribution >= 0.6 is 0 Å². The van der Waals surface area contributed by atoms with Crippen molar-refractivity contribution in [3.63, 3.8) is 0 Å². The number of esters is 2. The molecule has 0 aromatic rings. The van der Waals surface area contributed by atoms with E-state index in [0.29, 0.717) is 0 Å². The zero-order valence-electron chi connectivity index (χ0n) is 14.9. The average Bonchev–Trinajstić information content (AvgIpc) is 2.52. The van der Waals surface area contributed by atoms with Crippen LogP contribution in [0.4, 0.5) is 0 Å². The lowest BCUT2D eigenvalue weighted by atomic mass is 9.79. The third kappa shape index (κ3) is 9.11. The van der Waals surface area contributed by atoms with E-state index in [2.05, 4.69) is 0 Å². The lowest BCUT2D eigenvalue weighted by Gasteiger charge is -2.32. The molecule has 0 spiro atoms. The van der Waals surface area contributed by atoms with Gasteiger partial charge in [-0.05, 0) is 20.8 Å². The summed E-state index contributed by atoms with van der Waals surface area (Å²) in [7, 11) is 0. The van der Waals surface area contributed by atoms with E-state index in [-0.39, 0.29) is 0 Å². The summed E-state index contributed by atoms with van der Waals surface area (Å²) in [6.07, 6.45) is -1.70. The van der Waals surface area contributed by atoms with Crippen LogP contribution in [-0.2, 0) is 33.4 Å². The highest BCUT2D eigenvalue weighted by molar-refractivity contribution is 5.92. The van der Waals surface area contributed by atoms with Gasteiger partial charge in [0, 0.05) is 0 Å². The Kier molecular flexibility index (Phi) is 8.91. The number of hydrogen-bond acceptors (Lipinski definition) is 8. The predicted molar refractivity (Wildman–Crippen MR) is 85.1 cm³/mol. The van der Waals surface area contributed by atoms with Crippen molar-refractivity contribution in [3.05, 3.63) is 0 Å². The van der Waals surface area contributed by atoms with Crippen LogP contribution in [-0.4, -0.2) is 63.8 Å². The molecule has 0 bridgehead atoms. The lowest BCUT2D eigenvalue weighted by molar-refractivity contribution is -0.165. The number of aliphatic carboxylic acids is 2. The fraction of sp³-hybridized carbons (Fsp3) is 0.688. The van der Waals surface area contributed by atoms with Crippen LogP contribution in [0.1, 0.15) is 46.5 Å². The fourth-order valence-electron chi connectivity index (χ4n) is 1.95. The van der Waals surface area contributed by atoms with Gasteiger partial charge < -0.3 is 24.8 Å². The minimum atomic E-state index is -1.81. The second-order valence-electron chi connectivity index (χ2n) is 6.56. The highest BCUT2D eigenvalue weighted by Crippen LogP contribution is 2.26.